The van der Waals surface area contributed by atoms with E-state index in [1.165, 1.54) is 0 Å². The zero-order chi connectivity index (χ0) is 22.9. The summed E-state index contributed by atoms with van der Waals surface area (Å²) in [5.41, 5.74) is 1.13. The molecule has 0 radical (unpaired) electrons. The number of benzene rings is 2. The van der Waals surface area contributed by atoms with E-state index in [-0.39, 0.29) is 25.6 Å². The number of nitrogens with one attached hydrogen (secondary N) is 2. The van der Waals surface area contributed by atoms with Crippen molar-refractivity contribution in [1.82, 2.24) is 10.6 Å². The average molecular weight is 440 g/mol. The Morgan fingerprint density at radius 3 is 2.59 bits per heavy atom. The molecule has 3 N–H and O–H groups in total. The smallest absolute Gasteiger partial charge is 0.267 e. The van der Waals surface area contributed by atoms with Crippen molar-refractivity contribution in [1.29, 1.82) is 0 Å². The van der Waals surface area contributed by atoms with Crippen LogP contribution in [0, 0.1) is 5.92 Å². The summed E-state index contributed by atoms with van der Waals surface area (Å²) in [4.78, 5) is 25.5. The molecule has 0 bridgehead atoms. The quantitative estimate of drug-likeness (QED) is 0.388. The van der Waals surface area contributed by atoms with Crippen molar-refractivity contribution in [3.63, 3.8) is 0 Å². The SMILES string of the molecule is CC(C)COc1ccc(C(=O)NC(=Cc2ccc3c(c2)OCO3)C(=O)NCCCO)cc1. The fourth-order valence-corrected chi connectivity index (χ4v) is 2.86. The maximum absolute atomic E-state index is 12.8. The van der Waals surface area contributed by atoms with Gasteiger partial charge in [0.05, 0.1) is 6.61 Å². The van der Waals surface area contributed by atoms with Gasteiger partial charge in [0.2, 0.25) is 6.79 Å². The molecule has 3 rings (SSSR count). The second-order valence-corrected chi connectivity index (χ2v) is 7.69. The molecule has 1 aliphatic rings. The number of hydrogen-bond donors (Lipinski definition) is 3. The van der Waals surface area contributed by atoms with E-state index in [1.807, 2.05) is 0 Å². The first kappa shape index (κ1) is 23.1. The normalized spacial score (nSPS) is 12.6. The van der Waals surface area contributed by atoms with Crippen molar-refractivity contribution in [2.45, 2.75) is 20.3 Å². The Kier molecular flexibility index (Phi) is 8.10. The van der Waals surface area contributed by atoms with Gasteiger partial charge in [-0.25, -0.2) is 0 Å². The van der Waals surface area contributed by atoms with Crippen molar-refractivity contribution >= 4 is 17.9 Å². The molecule has 0 fully saturated rings. The van der Waals surface area contributed by atoms with Gasteiger partial charge in [0.25, 0.3) is 11.8 Å². The monoisotopic (exact) mass is 440 g/mol. The van der Waals surface area contributed by atoms with Crippen LogP contribution in [-0.4, -0.2) is 43.5 Å². The number of aliphatic hydroxyl groups is 1. The molecule has 0 spiro atoms. The van der Waals surface area contributed by atoms with Gasteiger partial charge in [0.15, 0.2) is 11.5 Å². The summed E-state index contributed by atoms with van der Waals surface area (Å²) >= 11 is 0. The van der Waals surface area contributed by atoms with Crippen LogP contribution in [0.4, 0.5) is 0 Å². The summed E-state index contributed by atoms with van der Waals surface area (Å²) in [6.07, 6.45) is 1.98. The van der Waals surface area contributed by atoms with Gasteiger partial charge in [-0.1, -0.05) is 19.9 Å². The lowest BCUT2D eigenvalue weighted by atomic mass is 10.1. The molecule has 1 aliphatic heterocycles. The molecule has 2 aromatic rings. The minimum atomic E-state index is -0.457. The van der Waals surface area contributed by atoms with E-state index in [9.17, 15) is 9.59 Å². The van der Waals surface area contributed by atoms with Gasteiger partial charge in [0, 0.05) is 18.7 Å². The van der Waals surface area contributed by atoms with E-state index in [2.05, 4.69) is 24.5 Å². The minimum absolute atomic E-state index is 0.0426. The summed E-state index contributed by atoms with van der Waals surface area (Å²) in [7, 11) is 0. The first-order valence-electron chi connectivity index (χ1n) is 10.5. The van der Waals surface area contributed by atoms with E-state index in [4.69, 9.17) is 19.3 Å². The van der Waals surface area contributed by atoms with Crippen LogP contribution in [0.1, 0.15) is 36.2 Å². The summed E-state index contributed by atoms with van der Waals surface area (Å²) in [5, 5.41) is 14.3. The molecular weight excluding hydrogens is 412 g/mol. The summed E-state index contributed by atoms with van der Waals surface area (Å²) in [6, 6.07) is 12.0. The summed E-state index contributed by atoms with van der Waals surface area (Å²) in [6.45, 7) is 5.08. The highest BCUT2D eigenvalue weighted by Crippen LogP contribution is 2.33. The van der Waals surface area contributed by atoms with Gasteiger partial charge < -0.3 is 30.0 Å². The molecule has 170 valence electrons. The first-order valence-corrected chi connectivity index (χ1v) is 10.5. The Bertz CT molecular complexity index is 969. The Hall–Kier alpha value is -3.52. The van der Waals surface area contributed by atoms with Gasteiger partial charge in [0.1, 0.15) is 11.4 Å². The standard InChI is InChI=1S/C24H28N2O6/c1-16(2)14-30-19-7-5-18(6-8-19)23(28)26-20(24(29)25-10-3-11-27)12-17-4-9-21-22(13-17)32-15-31-21/h4-9,12-13,16,27H,3,10-11,14-15H2,1-2H3,(H,25,29)(H,26,28). The van der Waals surface area contributed by atoms with E-state index < -0.39 is 11.8 Å². The Morgan fingerprint density at radius 1 is 1.12 bits per heavy atom. The number of carbonyl (C=O) groups is 2. The van der Waals surface area contributed by atoms with Crippen LogP contribution in [0.15, 0.2) is 48.2 Å². The van der Waals surface area contributed by atoms with Crippen LogP contribution < -0.4 is 24.8 Å². The molecule has 1 heterocycles. The van der Waals surface area contributed by atoms with Crippen molar-refractivity contribution in [2.24, 2.45) is 5.92 Å². The van der Waals surface area contributed by atoms with Crippen LogP contribution in [0.25, 0.3) is 6.08 Å². The van der Waals surface area contributed by atoms with Crippen LogP contribution in [0.5, 0.6) is 17.2 Å². The number of ether oxygens (including phenoxy) is 3. The molecule has 0 saturated carbocycles. The van der Waals surface area contributed by atoms with Gasteiger partial charge in [-0.05, 0) is 60.4 Å². The largest absolute Gasteiger partial charge is 0.493 e. The lowest BCUT2D eigenvalue weighted by Crippen LogP contribution is -2.35. The maximum Gasteiger partial charge on any atom is 0.267 e. The second-order valence-electron chi connectivity index (χ2n) is 7.69. The van der Waals surface area contributed by atoms with Crippen molar-refractivity contribution in [3.05, 3.63) is 59.3 Å². The molecule has 0 saturated heterocycles. The third-order valence-electron chi connectivity index (χ3n) is 4.52. The molecule has 0 unspecified atom stereocenters. The predicted octanol–water partition coefficient (Wildman–Crippen LogP) is 2.72. The van der Waals surface area contributed by atoms with E-state index in [0.717, 1.165) is 0 Å². The number of fused-ring (bicyclic) bond motifs is 1. The zero-order valence-electron chi connectivity index (χ0n) is 18.2. The van der Waals surface area contributed by atoms with E-state index in [1.54, 1.807) is 48.5 Å². The fraction of sp³-hybridized carbons (Fsp3) is 0.333. The van der Waals surface area contributed by atoms with Crippen LogP contribution in [-0.2, 0) is 4.79 Å². The highest BCUT2D eigenvalue weighted by atomic mass is 16.7. The third-order valence-corrected chi connectivity index (χ3v) is 4.52. The molecule has 2 amide bonds. The van der Waals surface area contributed by atoms with Crippen LogP contribution in [0.2, 0.25) is 0 Å². The zero-order valence-corrected chi connectivity index (χ0v) is 18.2. The number of carbonyl (C=O) groups excluding carboxylic acids is 2. The predicted molar refractivity (Wildman–Crippen MR) is 119 cm³/mol. The Labute approximate surface area is 187 Å². The van der Waals surface area contributed by atoms with Crippen molar-refractivity contribution in [2.75, 3.05) is 26.6 Å². The molecule has 2 aromatic carbocycles. The molecule has 0 aromatic heterocycles. The number of rotatable bonds is 10. The van der Waals surface area contributed by atoms with Gasteiger partial charge in [-0.15, -0.1) is 0 Å². The number of hydrogen-bond acceptors (Lipinski definition) is 6. The highest BCUT2D eigenvalue weighted by Gasteiger charge is 2.17. The average Bonchev–Trinajstić information content (AvgIpc) is 3.25. The van der Waals surface area contributed by atoms with E-state index in [0.29, 0.717) is 47.3 Å². The molecule has 8 nitrogen and oxygen atoms in total. The Morgan fingerprint density at radius 2 is 1.88 bits per heavy atom. The summed E-state index contributed by atoms with van der Waals surface area (Å²) < 4.78 is 16.3. The molecule has 8 heteroatoms. The molecule has 32 heavy (non-hydrogen) atoms. The maximum atomic E-state index is 12.8. The van der Waals surface area contributed by atoms with Gasteiger partial charge in [-0.3, -0.25) is 9.59 Å². The minimum Gasteiger partial charge on any atom is -0.493 e. The first-order chi connectivity index (χ1) is 15.5. The Balaban J connectivity index is 1.75. The van der Waals surface area contributed by atoms with Crippen LogP contribution in [0.3, 0.4) is 0 Å². The van der Waals surface area contributed by atoms with Crippen molar-refractivity contribution < 1.29 is 28.9 Å². The summed E-state index contributed by atoms with van der Waals surface area (Å²) in [5.74, 6) is 1.38. The lowest BCUT2D eigenvalue weighted by molar-refractivity contribution is -0.117. The molecule has 0 aliphatic carbocycles. The van der Waals surface area contributed by atoms with Crippen molar-refractivity contribution in [3.8, 4) is 17.2 Å². The topological polar surface area (TPSA) is 106 Å². The lowest BCUT2D eigenvalue weighted by Gasteiger charge is -2.12. The molecular formula is C24H28N2O6. The number of amides is 2. The molecule has 0 atom stereocenters. The fourth-order valence-electron chi connectivity index (χ4n) is 2.86. The van der Waals surface area contributed by atoms with E-state index >= 15 is 0 Å². The van der Waals surface area contributed by atoms with Crippen LogP contribution >= 0.6 is 0 Å². The van der Waals surface area contributed by atoms with Gasteiger partial charge >= 0.3 is 0 Å². The number of aliphatic hydroxyl groups excluding tert-OH is 1. The second kappa shape index (κ2) is 11.2. The third kappa shape index (κ3) is 6.49. The highest BCUT2D eigenvalue weighted by molar-refractivity contribution is 6.05. The van der Waals surface area contributed by atoms with Gasteiger partial charge in [-0.2, -0.15) is 0 Å².